The molecular formula is C15H31NO3. The van der Waals surface area contributed by atoms with Crippen molar-refractivity contribution in [2.24, 2.45) is 0 Å². The van der Waals surface area contributed by atoms with Crippen molar-refractivity contribution in [3.05, 3.63) is 0 Å². The van der Waals surface area contributed by atoms with E-state index in [9.17, 15) is 0 Å². The van der Waals surface area contributed by atoms with Crippen molar-refractivity contribution in [3.63, 3.8) is 0 Å². The van der Waals surface area contributed by atoms with Crippen molar-refractivity contribution < 1.29 is 14.2 Å². The summed E-state index contributed by atoms with van der Waals surface area (Å²) in [6, 6.07) is 0. The number of nitrogens with one attached hydrogen (secondary N) is 1. The lowest BCUT2D eigenvalue weighted by molar-refractivity contribution is -0.101. The van der Waals surface area contributed by atoms with Gasteiger partial charge >= 0.3 is 0 Å². The molecular weight excluding hydrogens is 242 g/mol. The topological polar surface area (TPSA) is 39.7 Å². The maximum Gasteiger partial charge on any atom is 0.0625 e. The maximum atomic E-state index is 5.90. The van der Waals surface area contributed by atoms with E-state index in [0.717, 1.165) is 52.2 Å². The molecule has 0 amide bonds. The average Bonchev–Trinajstić information content (AvgIpc) is 2.36. The second kappa shape index (κ2) is 10.6. The summed E-state index contributed by atoms with van der Waals surface area (Å²) in [5.41, 5.74) is 0. The van der Waals surface area contributed by atoms with Crippen LogP contribution in [0.4, 0.5) is 0 Å². The molecule has 0 saturated carbocycles. The smallest absolute Gasteiger partial charge is 0.0625 e. The molecule has 0 bridgehead atoms. The predicted octanol–water partition coefficient (Wildman–Crippen LogP) is 2.37. The predicted molar refractivity (Wildman–Crippen MR) is 77.6 cm³/mol. The molecule has 1 fully saturated rings. The second-order valence-electron chi connectivity index (χ2n) is 5.38. The molecule has 0 radical (unpaired) electrons. The van der Waals surface area contributed by atoms with Crippen LogP contribution in [0.3, 0.4) is 0 Å². The van der Waals surface area contributed by atoms with Crippen LogP contribution in [-0.4, -0.2) is 51.2 Å². The van der Waals surface area contributed by atoms with E-state index >= 15 is 0 Å². The van der Waals surface area contributed by atoms with Gasteiger partial charge in [-0.2, -0.15) is 0 Å². The molecule has 4 nitrogen and oxygen atoms in total. The molecule has 0 aromatic heterocycles. The van der Waals surface area contributed by atoms with Gasteiger partial charge in [0.2, 0.25) is 0 Å². The minimum absolute atomic E-state index is 0.334. The largest absolute Gasteiger partial charge is 0.382 e. The van der Waals surface area contributed by atoms with Crippen LogP contribution in [-0.2, 0) is 14.2 Å². The van der Waals surface area contributed by atoms with Crippen molar-refractivity contribution in [2.45, 2.75) is 64.8 Å². The second-order valence-corrected chi connectivity index (χ2v) is 5.38. The van der Waals surface area contributed by atoms with Crippen LogP contribution in [0.25, 0.3) is 0 Å². The first kappa shape index (κ1) is 16.9. The van der Waals surface area contributed by atoms with Crippen molar-refractivity contribution in [3.8, 4) is 0 Å². The zero-order valence-corrected chi connectivity index (χ0v) is 12.8. The van der Waals surface area contributed by atoms with Crippen LogP contribution >= 0.6 is 0 Å². The molecule has 0 spiro atoms. The standard InChI is InChI=1S/C15H31NO3/c1-4-17-9-6-5-7-16-8-10-18-15-11-13(2)19-14(3)12-15/h13-16H,4-12H2,1-3H3. The van der Waals surface area contributed by atoms with Gasteiger partial charge in [0.05, 0.1) is 24.9 Å². The summed E-state index contributed by atoms with van der Waals surface area (Å²) in [5, 5.41) is 3.41. The number of ether oxygens (including phenoxy) is 3. The van der Waals surface area contributed by atoms with Gasteiger partial charge in [0.15, 0.2) is 0 Å². The Balaban J connectivity index is 1.87. The molecule has 4 heteroatoms. The van der Waals surface area contributed by atoms with Gasteiger partial charge in [-0.1, -0.05) is 0 Å². The number of unbranched alkanes of at least 4 members (excludes halogenated alkanes) is 1. The number of hydrogen-bond acceptors (Lipinski definition) is 4. The number of rotatable bonds is 10. The first-order valence-corrected chi connectivity index (χ1v) is 7.78. The van der Waals surface area contributed by atoms with Gasteiger partial charge in [-0.3, -0.25) is 0 Å². The first-order valence-electron chi connectivity index (χ1n) is 7.78. The molecule has 1 heterocycles. The van der Waals surface area contributed by atoms with Crippen molar-refractivity contribution >= 4 is 0 Å². The van der Waals surface area contributed by atoms with Crippen molar-refractivity contribution in [1.29, 1.82) is 0 Å². The van der Waals surface area contributed by atoms with E-state index in [2.05, 4.69) is 19.2 Å². The van der Waals surface area contributed by atoms with Gasteiger partial charge in [0.1, 0.15) is 0 Å². The van der Waals surface area contributed by atoms with E-state index in [-0.39, 0.29) is 0 Å². The summed E-state index contributed by atoms with van der Waals surface area (Å²) in [4.78, 5) is 0. The highest BCUT2D eigenvalue weighted by Crippen LogP contribution is 2.21. The van der Waals surface area contributed by atoms with E-state index in [1.54, 1.807) is 0 Å². The van der Waals surface area contributed by atoms with Gasteiger partial charge in [-0.15, -0.1) is 0 Å². The fraction of sp³-hybridized carbons (Fsp3) is 1.00. The summed E-state index contributed by atoms with van der Waals surface area (Å²) >= 11 is 0. The van der Waals surface area contributed by atoms with Crippen LogP contribution < -0.4 is 5.32 Å². The third kappa shape index (κ3) is 8.58. The van der Waals surface area contributed by atoms with Gasteiger partial charge in [-0.05, 0) is 53.0 Å². The summed E-state index contributed by atoms with van der Waals surface area (Å²) < 4.78 is 16.9. The van der Waals surface area contributed by atoms with Gasteiger partial charge < -0.3 is 19.5 Å². The van der Waals surface area contributed by atoms with Crippen molar-refractivity contribution in [2.75, 3.05) is 32.9 Å². The third-order valence-electron chi connectivity index (χ3n) is 3.38. The number of hydrogen-bond donors (Lipinski definition) is 1. The van der Waals surface area contributed by atoms with Crippen LogP contribution in [0, 0.1) is 0 Å². The highest BCUT2D eigenvalue weighted by Gasteiger charge is 2.24. The fourth-order valence-corrected chi connectivity index (χ4v) is 2.50. The molecule has 1 N–H and O–H groups in total. The summed E-state index contributed by atoms with van der Waals surface area (Å²) in [6.07, 6.45) is 5.40. The maximum absolute atomic E-state index is 5.90. The average molecular weight is 273 g/mol. The lowest BCUT2D eigenvalue weighted by atomic mass is 10.0. The van der Waals surface area contributed by atoms with Crippen LogP contribution in [0.5, 0.6) is 0 Å². The molecule has 0 aliphatic carbocycles. The van der Waals surface area contributed by atoms with E-state index < -0.39 is 0 Å². The van der Waals surface area contributed by atoms with Crippen LogP contribution in [0.2, 0.25) is 0 Å². The lowest BCUT2D eigenvalue weighted by Crippen LogP contribution is -2.35. The van der Waals surface area contributed by atoms with Gasteiger partial charge in [0.25, 0.3) is 0 Å². The Morgan fingerprint density at radius 2 is 1.79 bits per heavy atom. The highest BCUT2D eigenvalue weighted by molar-refractivity contribution is 4.73. The van der Waals surface area contributed by atoms with E-state index in [4.69, 9.17) is 14.2 Å². The molecule has 114 valence electrons. The van der Waals surface area contributed by atoms with E-state index in [1.807, 2.05) is 6.92 Å². The van der Waals surface area contributed by atoms with E-state index in [0.29, 0.717) is 18.3 Å². The highest BCUT2D eigenvalue weighted by atomic mass is 16.5. The molecule has 1 rings (SSSR count). The van der Waals surface area contributed by atoms with Gasteiger partial charge in [0, 0.05) is 19.8 Å². The Morgan fingerprint density at radius 1 is 1.05 bits per heavy atom. The summed E-state index contributed by atoms with van der Waals surface area (Å²) in [6.45, 7) is 10.8. The van der Waals surface area contributed by atoms with Gasteiger partial charge in [-0.25, -0.2) is 0 Å². The Hall–Kier alpha value is -0.160. The zero-order valence-electron chi connectivity index (χ0n) is 12.8. The molecule has 0 aromatic carbocycles. The Morgan fingerprint density at radius 3 is 2.47 bits per heavy atom. The molecule has 0 aromatic rings. The normalized spacial score (nSPS) is 27.6. The Bertz CT molecular complexity index is 204. The third-order valence-corrected chi connectivity index (χ3v) is 3.38. The van der Waals surface area contributed by atoms with Crippen LogP contribution in [0.1, 0.15) is 46.5 Å². The zero-order chi connectivity index (χ0) is 13.9. The van der Waals surface area contributed by atoms with Crippen LogP contribution in [0.15, 0.2) is 0 Å². The molecule has 2 atom stereocenters. The molecule has 1 aliphatic rings. The quantitative estimate of drug-likeness (QED) is 0.620. The fourth-order valence-electron chi connectivity index (χ4n) is 2.50. The first-order chi connectivity index (χ1) is 9.22. The molecule has 2 unspecified atom stereocenters. The summed E-state index contributed by atoms with van der Waals surface area (Å²) in [7, 11) is 0. The monoisotopic (exact) mass is 273 g/mol. The lowest BCUT2D eigenvalue weighted by Gasteiger charge is -2.32. The van der Waals surface area contributed by atoms with Crippen molar-refractivity contribution in [1.82, 2.24) is 5.32 Å². The molecule has 19 heavy (non-hydrogen) atoms. The SMILES string of the molecule is CCOCCCCNCCOC1CC(C)OC(C)C1. The Labute approximate surface area is 118 Å². The van der Waals surface area contributed by atoms with E-state index in [1.165, 1.54) is 6.42 Å². The molecule has 1 saturated heterocycles. The minimum atomic E-state index is 0.334. The summed E-state index contributed by atoms with van der Waals surface area (Å²) in [5.74, 6) is 0. The Kier molecular flexibility index (Phi) is 9.43. The molecule has 1 aliphatic heterocycles. The minimum Gasteiger partial charge on any atom is -0.382 e.